The van der Waals surface area contributed by atoms with E-state index in [0.29, 0.717) is 0 Å². The van der Waals surface area contributed by atoms with Crippen molar-refractivity contribution in [1.82, 2.24) is 4.98 Å². The zero-order chi connectivity index (χ0) is 13.1. The topological polar surface area (TPSA) is 25.4 Å². The van der Waals surface area contributed by atoms with E-state index in [1.165, 1.54) is 0 Å². The number of rotatable bonds is 3. The summed E-state index contributed by atoms with van der Waals surface area (Å²) in [5, 5.41) is 0. The number of aromatic nitrogens is 1. The van der Waals surface area contributed by atoms with E-state index in [1.54, 1.807) is 7.11 Å². The summed E-state index contributed by atoms with van der Waals surface area (Å²) in [6, 6.07) is 9.93. The summed E-state index contributed by atoms with van der Waals surface area (Å²) in [5.41, 5.74) is 2.11. The highest BCUT2D eigenvalue weighted by atomic mass is 79.9. The number of para-hydroxylation sites is 2. The van der Waals surface area contributed by atoms with Crippen molar-refractivity contribution in [1.29, 1.82) is 0 Å². The second-order valence-electron chi connectivity index (χ2n) is 4.05. The van der Waals surface area contributed by atoms with Crippen molar-refractivity contribution in [3.8, 4) is 5.75 Å². The monoisotopic (exact) mass is 306 g/mol. The van der Waals surface area contributed by atoms with Crippen LogP contribution in [-0.4, -0.2) is 19.1 Å². The highest BCUT2D eigenvalue weighted by molar-refractivity contribution is 9.10. The fourth-order valence-corrected chi connectivity index (χ4v) is 2.52. The molecule has 0 aliphatic heterocycles. The molecule has 0 saturated heterocycles. The Morgan fingerprint density at radius 2 is 2.00 bits per heavy atom. The minimum atomic E-state index is 0.828. The lowest BCUT2D eigenvalue weighted by atomic mass is 10.2. The number of anilines is 2. The van der Waals surface area contributed by atoms with Crippen LogP contribution < -0.4 is 9.64 Å². The average molecular weight is 307 g/mol. The quantitative estimate of drug-likeness (QED) is 0.859. The SMILES string of the molecule is COc1ccccc1N(C)c1ncc(C)cc1Br. The van der Waals surface area contributed by atoms with Crippen molar-refractivity contribution in [2.75, 3.05) is 19.1 Å². The van der Waals surface area contributed by atoms with E-state index in [0.717, 1.165) is 27.3 Å². The number of benzene rings is 1. The van der Waals surface area contributed by atoms with Gasteiger partial charge in [-0.25, -0.2) is 4.98 Å². The number of hydrogen-bond acceptors (Lipinski definition) is 3. The van der Waals surface area contributed by atoms with Crippen molar-refractivity contribution in [3.63, 3.8) is 0 Å². The largest absolute Gasteiger partial charge is 0.495 e. The normalized spacial score (nSPS) is 10.2. The molecule has 0 N–H and O–H groups in total. The lowest BCUT2D eigenvalue weighted by Gasteiger charge is -2.21. The zero-order valence-electron chi connectivity index (χ0n) is 10.6. The van der Waals surface area contributed by atoms with Gasteiger partial charge < -0.3 is 9.64 Å². The molecule has 2 rings (SSSR count). The van der Waals surface area contributed by atoms with E-state index in [-0.39, 0.29) is 0 Å². The summed E-state index contributed by atoms with van der Waals surface area (Å²) in [6.45, 7) is 2.02. The molecule has 18 heavy (non-hydrogen) atoms. The number of pyridine rings is 1. The maximum absolute atomic E-state index is 5.37. The van der Waals surface area contributed by atoms with E-state index >= 15 is 0 Å². The Labute approximate surface area is 116 Å². The van der Waals surface area contributed by atoms with Crippen LogP contribution in [0.3, 0.4) is 0 Å². The fourth-order valence-electron chi connectivity index (χ4n) is 1.79. The minimum absolute atomic E-state index is 0.828. The lowest BCUT2D eigenvalue weighted by molar-refractivity contribution is 0.415. The van der Waals surface area contributed by atoms with Crippen LogP contribution in [0.1, 0.15) is 5.56 Å². The van der Waals surface area contributed by atoms with Gasteiger partial charge in [-0.05, 0) is 46.6 Å². The predicted molar refractivity (Wildman–Crippen MR) is 77.7 cm³/mol. The van der Waals surface area contributed by atoms with E-state index in [9.17, 15) is 0 Å². The molecule has 1 aromatic heterocycles. The van der Waals surface area contributed by atoms with E-state index in [4.69, 9.17) is 4.74 Å². The molecule has 94 valence electrons. The van der Waals surface area contributed by atoms with Gasteiger partial charge in [-0.2, -0.15) is 0 Å². The highest BCUT2D eigenvalue weighted by Gasteiger charge is 2.13. The molecule has 4 heteroatoms. The predicted octanol–water partition coefficient (Wildman–Crippen LogP) is 3.93. The Balaban J connectivity index is 2.44. The van der Waals surface area contributed by atoms with Gasteiger partial charge in [-0.3, -0.25) is 0 Å². The molecule has 0 aliphatic rings. The third-order valence-electron chi connectivity index (χ3n) is 2.72. The molecular formula is C14H15BrN2O. The standard InChI is InChI=1S/C14H15BrN2O/c1-10-8-11(15)14(16-9-10)17(2)12-6-4-5-7-13(12)18-3/h4-9H,1-3H3. The van der Waals surface area contributed by atoms with Gasteiger partial charge in [0, 0.05) is 13.2 Å². The van der Waals surface area contributed by atoms with Crippen molar-refractivity contribution >= 4 is 27.4 Å². The summed E-state index contributed by atoms with van der Waals surface area (Å²) in [6.07, 6.45) is 1.85. The van der Waals surface area contributed by atoms with Gasteiger partial charge in [0.15, 0.2) is 0 Å². The Hall–Kier alpha value is -1.55. The molecule has 3 nitrogen and oxygen atoms in total. The Morgan fingerprint density at radius 3 is 2.67 bits per heavy atom. The maximum atomic E-state index is 5.37. The summed E-state index contributed by atoms with van der Waals surface area (Å²) in [5.74, 6) is 1.69. The molecule has 0 saturated carbocycles. The zero-order valence-corrected chi connectivity index (χ0v) is 12.2. The summed E-state index contributed by atoms with van der Waals surface area (Å²) in [4.78, 5) is 6.46. The van der Waals surface area contributed by atoms with Gasteiger partial charge in [0.05, 0.1) is 17.3 Å². The Bertz CT molecular complexity index is 557. The van der Waals surface area contributed by atoms with Gasteiger partial charge in [-0.1, -0.05) is 12.1 Å². The lowest BCUT2D eigenvalue weighted by Crippen LogP contribution is -2.13. The van der Waals surface area contributed by atoms with Crippen LogP contribution in [0.4, 0.5) is 11.5 Å². The van der Waals surface area contributed by atoms with Crippen molar-refractivity contribution < 1.29 is 4.74 Å². The second kappa shape index (κ2) is 5.40. The molecule has 0 spiro atoms. The van der Waals surface area contributed by atoms with Gasteiger partial charge in [-0.15, -0.1) is 0 Å². The van der Waals surface area contributed by atoms with E-state index in [2.05, 4.69) is 20.9 Å². The first-order chi connectivity index (χ1) is 8.63. The Kier molecular flexibility index (Phi) is 3.87. The number of methoxy groups -OCH3 is 1. The third kappa shape index (κ3) is 2.48. The first kappa shape index (κ1) is 12.9. The molecule has 1 heterocycles. The van der Waals surface area contributed by atoms with Crippen LogP contribution in [-0.2, 0) is 0 Å². The van der Waals surface area contributed by atoms with Crippen LogP contribution in [0, 0.1) is 6.92 Å². The summed E-state index contributed by atoms with van der Waals surface area (Å²) in [7, 11) is 3.64. The number of hydrogen-bond donors (Lipinski definition) is 0. The van der Waals surface area contributed by atoms with Gasteiger partial charge >= 0.3 is 0 Å². The minimum Gasteiger partial charge on any atom is -0.495 e. The van der Waals surface area contributed by atoms with Crippen molar-refractivity contribution in [2.24, 2.45) is 0 Å². The maximum Gasteiger partial charge on any atom is 0.147 e. The first-order valence-electron chi connectivity index (χ1n) is 5.62. The van der Waals surface area contributed by atoms with Crippen LogP contribution in [0.2, 0.25) is 0 Å². The number of halogens is 1. The van der Waals surface area contributed by atoms with Crippen molar-refractivity contribution in [3.05, 3.63) is 46.6 Å². The smallest absolute Gasteiger partial charge is 0.147 e. The first-order valence-corrected chi connectivity index (χ1v) is 6.41. The second-order valence-corrected chi connectivity index (χ2v) is 4.90. The van der Waals surface area contributed by atoms with Gasteiger partial charge in [0.25, 0.3) is 0 Å². The third-order valence-corrected chi connectivity index (χ3v) is 3.31. The molecule has 0 fully saturated rings. The molecule has 0 aliphatic carbocycles. The summed E-state index contributed by atoms with van der Waals surface area (Å²) < 4.78 is 6.34. The molecular weight excluding hydrogens is 292 g/mol. The molecule has 0 atom stereocenters. The number of nitrogens with zero attached hydrogens (tertiary/aromatic N) is 2. The molecule has 1 aromatic carbocycles. The van der Waals surface area contributed by atoms with E-state index < -0.39 is 0 Å². The molecule has 2 aromatic rings. The molecule has 0 unspecified atom stereocenters. The van der Waals surface area contributed by atoms with Crippen LogP contribution in [0.5, 0.6) is 5.75 Å². The average Bonchev–Trinajstić information content (AvgIpc) is 2.38. The fraction of sp³-hybridized carbons (Fsp3) is 0.214. The van der Waals surface area contributed by atoms with Crippen molar-refractivity contribution in [2.45, 2.75) is 6.92 Å². The number of ether oxygens (including phenoxy) is 1. The van der Waals surface area contributed by atoms with Gasteiger partial charge in [0.1, 0.15) is 11.6 Å². The Morgan fingerprint density at radius 1 is 1.28 bits per heavy atom. The summed E-state index contributed by atoms with van der Waals surface area (Å²) >= 11 is 3.55. The number of aryl methyl sites for hydroxylation is 1. The molecule has 0 radical (unpaired) electrons. The van der Waals surface area contributed by atoms with Crippen LogP contribution >= 0.6 is 15.9 Å². The van der Waals surface area contributed by atoms with Crippen LogP contribution in [0.25, 0.3) is 0 Å². The van der Waals surface area contributed by atoms with E-state index in [1.807, 2.05) is 55.4 Å². The molecule has 0 amide bonds. The highest BCUT2D eigenvalue weighted by Crippen LogP contribution is 2.34. The van der Waals surface area contributed by atoms with Crippen LogP contribution in [0.15, 0.2) is 41.0 Å². The van der Waals surface area contributed by atoms with Gasteiger partial charge in [0.2, 0.25) is 0 Å². The molecule has 0 bridgehead atoms.